The minimum absolute atomic E-state index is 0.0508. The zero-order valence-electron chi connectivity index (χ0n) is 18.4. The number of aromatic nitrogens is 1. The summed E-state index contributed by atoms with van der Waals surface area (Å²) in [5, 5.41) is 4.07. The Bertz CT molecular complexity index is 1210. The molecule has 0 bridgehead atoms. The first-order valence-corrected chi connectivity index (χ1v) is 10.8. The second-order valence-electron chi connectivity index (χ2n) is 8.29. The van der Waals surface area contributed by atoms with Crippen LogP contribution in [-0.4, -0.2) is 16.9 Å². The molecule has 3 aromatic carbocycles. The predicted molar refractivity (Wildman–Crippen MR) is 128 cm³/mol. The van der Waals surface area contributed by atoms with Gasteiger partial charge in [0.05, 0.1) is 16.8 Å². The summed E-state index contributed by atoms with van der Waals surface area (Å²) >= 11 is 0. The number of amides is 1. The highest BCUT2D eigenvalue weighted by Gasteiger charge is 2.16. The molecule has 31 heavy (non-hydrogen) atoms. The van der Waals surface area contributed by atoms with Gasteiger partial charge in [-0.25, -0.2) is 4.98 Å². The Balaban J connectivity index is 1.61. The van der Waals surface area contributed by atoms with E-state index in [1.165, 1.54) is 11.1 Å². The van der Waals surface area contributed by atoms with Crippen LogP contribution in [0.5, 0.6) is 0 Å². The highest BCUT2D eigenvalue weighted by atomic mass is 16.1. The van der Waals surface area contributed by atoms with Crippen molar-refractivity contribution in [3.63, 3.8) is 0 Å². The lowest BCUT2D eigenvalue weighted by atomic mass is 9.99. The molecular weight excluding hydrogens is 380 g/mol. The number of nitrogens with one attached hydrogen (secondary N) is 1. The van der Waals surface area contributed by atoms with Crippen LogP contribution in [0, 0.1) is 13.8 Å². The molecule has 156 valence electrons. The second-order valence-corrected chi connectivity index (χ2v) is 8.29. The Kier molecular flexibility index (Phi) is 6.13. The van der Waals surface area contributed by atoms with E-state index in [1.807, 2.05) is 36.4 Å². The fourth-order valence-electron chi connectivity index (χ4n) is 4.00. The average molecular weight is 409 g/mol. The van der Waals surface area contributed by atoms with E-state index in [0.29, 0.717) is 5.56 Å². The Morgan fingerprint density at radius 1 is 0.935 bits per heavy atom. The highest BCUT2D eigenvalue weighted by molar-refractivity contribution is 6.07. The van der Waals surface area contributed by atoms with Gasteiger partial charge in [-0.05, 0) is 56.9 Å². The first-order chi connectivity index (χ1) is 15.0. The van der Waals surface area contributed by atoms with E-state index in [2.05, 4.69) is 68.6 Å². The standard InChI is InChI=1S/C28H28N2O/c1-19-13-16-23(20(2)17-19)27-18-25(24-11-7-8-12-26(24)30-27)28(31)29-21(3)14-15-22-9-5-4-6-10-22/h4-13,16-18,21H,14-15H2,1-3H3,(H,29,31). The van der Waals surface area contributed by atoms with Crippen molar-refractivity contribution in [2.24, 2.45) is 0 Å². The van der Waals surface area contributed by atoms with E-state index in [1.54, 1.807) is 0 Å². The zero-order valence-corrected chi connectivity index (χ0v) is 18.4. The van der Waals surface area contributed by atoms with Crippen LogP contribution in [0.2, 0.25) is 0 Å². The van der Waals surface area contributed by atoms with Crippen LogP contribution in [-0.2, 0) is 6.42 Å². The van der Waals surface area contributed by atoms with Crippen molar-refractivity contribution in [2.45, 2.75) is 39.7 Å². The summed E-state index contributed by atoms with van der Waals surface area (Å²) < 4.78 is 0. The third kappa shape index (κ3) is 4.83. The topological polar surface area (TPSA) is 42.0 Å². The van der Waals surface area contributed by atoms with Crippen LogP contribution >= 0.6 is 0 Å². The maximum absolute atomic E-state index is 13.3. The molecule has 0 saturated heterocycles. The lowest BCUT2D eigenvalue weighted by molar-refractivity contribution is 0.0940. The molecule has 3 nitrogen and oxygen atoms in total. The maximum atomic E-state index is 13.3. The Morgan fingerprint density at radius 2 is 1.68 bits per heavy atom. The van der Waals surface area contributed by atoms with Crippen molar-refractivity contribution in [1.82, 2.24) is 10.3 Å². The molecule has 0 fully saturated rings. The average Bonchev–Trinajstić information content (AvgIpc) is 2.77. The molecule has 4 aromatic rings. The number of pyridine rings is 1. The third-order valence-electron chi connectivity index (χ3n) is 5.71. The van der Waals surface area contributed by atoms with Crippen molar-refractivity contribution in [3.05, 3.63) is 101 Å². The minimum Gasteiger partial charge on any atom is -0.350 e. The van der Waals surface area contributed by atoms with Crippen LogP contribution in [0.3, 0.4) is 0 Å². The van der Waals surface area contributed by atoms with Gasteiger partial charge in [-0.1, -0.05) is 72.3 Å². The molecule has 1 amide bonds. The van der Waals surface area contributed by atoms with Crippen LogP contribution in [0.4, 0.5) is 0 Å². The monoisotopic (exact) mass is 408 g/mol. The van der Waals surface area contributed by atoms with Crippen LogP contribution in [0.25, 0.3) is 22.2 Å². The molecule has 0 aliphatic heterocycles. The van der Waals surface area contributed by atoms with Gasteiger partial charge < -0.3 is 5.32 Å². The van der Waals surface area contributed by atoms with E-state index < -0.39 is 0 Å². The molecular formula is C28H28N2O. The molecule has 1 unspecified atom stereocenters. The number of hydrogen-bond donors (Lipinski definition) is 1. The Hall–Kier alpha value is -3.46. The number of para-hydroxylation sites is 1. The Morgan fingerprint density at radius 3 is 2.45 bits per heavy atom. The molecule has 0 spiro atoms. The number of nitrogens with zero attached hydrogens (tertiary/aromatic N) is 1. The summed E-state index contributed by atoms with van der Waals surface area (Å²) in [7, 11) is 0. The van der Waals surface area contributed by atoms with E-state index in [4.69, 9.17) is 4.98 Å². The second kappa shape index (κ2) is 9.13. The molecule has 1 aromatic heterocycles. The number of rotatable bonds is 6. The van der Waals surface area contributed by atoms with Crippen molar-refractivity contribution < 1.29 is 4.79 Å². The number of benzene rings is 3. The zero-order chi connectivity index (χ0) is 21.8. The number of carbonyl (C=O) groups excluding carboxylic acids is 1. The summed E-state index contributed by atoms with van der Waals surface area (Å²) in [6, 6.07) is 26.6. The van der Waals surface area contributed by atoms with Crippen molar-refractivity contribution >= 4 is 16.8 Å². The predicted octanol–water partition coefficient (Wildman–Crippen LogP) is 6.27. The van der Waals surface area contributed by atoms with Crippen LogP contribution in [0.1, 0.15) is 40.4 Å². The van der Waals surface area contributed by atoms with Crippen LogP contribution < -0.4 is 5.32 Å². The summed E-state index contributed by atoms with van der Waals surface area (Å²) in [6.45, 7) is 6.24. The van der Waals surface area contributed by atoms with Gasteiger partial charge in [0.2, 0.25) is 0 Å². The highest BCUT2D eigenvalue weighted by Crippen LogP contribution is 2.27. The SMILES string of the molecule is Cc1ccc(-c2cc(C(=O)NC(C)CCc3ccccc3)c3ccccc3n2)c(C)c1. The van der Waals surface area contributed by atoms with Gasteiger partial charge in [0.1, 0.15) is 0 Å². The molecule has 0 aliphatic rings. The summed E-state index contributed by atoms with van der Waals surface area (Å²) in [5.41, 5.74) is 7.06. The van der Waals surface area contributed by atoms with Gasteiger partial charge in [0.25, 0.3) is 5.91 Å². The van der Waals surface area contributed by atoms with Crippen LogP contribution in [0.15, 0.2) is 78.9 Å². The minimum atomic E-state index is -0.0508. The molecule has 0 radical (unpaired) electrons. The number of carbonyl (C=O) groups is 1. The van der Waals surface area contributed by atoms with E-state index in [0.717, 1.165) is 40.6 Å². The summed E-state index contributed by atoms with van der Waals surface area (Å²) in [5.74, 6) is -0.0508. The van der Waals surface area contributed by atoms with Crippen molar-refractivity contribution in [3.8, 4) is 11.3 Å². The fraction of sp³-hybridized carbons (Fsp3) is 0.214. The number of fused-ring (bicyclic) bond motifs is 1. The van der Waals surface area contributed by atoms with Gasteiger partial charge in [-0.15, -0.1) is 0 Å². The lowest BCUT2D eigenvalue weighted by Crippen LogP contribution is -2.33. The van der Waals surface area contributed by atoms with Gasteiger partial charge in [-0.2, -0.15) is 0 Å². The third-order valence-corrected chi connectivity index (χ3v) is 5.71. The van der Waals surface area contributed by atoms with E-state index in [-0.39, 0.29) is 11.9 Å². The first-order valence-electron chi connectivity index (χ1n) is 10.8. The molecule has 3 heteroatoms. The molecule has 1 atom stereocenters. The summed E-state index contributed by atoms with van der Waals surface area (Å²) in [4.78, 5) is 18.1. The molecule has 0 saturated carbocycles. The Labute approximate surface area is 184 Å². The number of aryl methyl sites for hydroxylation is 3. The molecule has 4 rings (SSSR count). The fourth-order valence-corrected chi connectivity index (χ4v) is 4.00. The lowest BCUT2D eigenvalue weighted by Gasteiger charge is -2.16. The first kappa shape index (κ1) is 20.8. The van der Waals surface area contributed by atoms with Crippen molar-refractivity contribution in [1.29, 1.82) is 0 Å². The van der Waals surface area contributed by atoms with Gasteiger partial charge in [-0.3, -0.25) is 4.79 Å². The quantitative estimate of drug-likeness (QED) is 0.408. The van der Waals surface area contributed by atoms with Gasteiger partial charge in [0, 0.05) is 17.0 Å². The summed E-state index contributed by atoms with van der Waals surface area (Å²) in [6.07, 6.45) is 1.83. The van der Waals surface area contributed by atoms with E-state index >= 15 is 0 Å². The molecule has 1 N–H and O–H groups in total. The smallest absolute Gasteiger partial charge is 0.252 e. The number of hydrogen-bond acceptors (Lipinski definition) is 2. The normalized spacial score (nSPS) is 12.0. The largest absolute Gasteiger partial charge is 0.350 e. The van der Waals surface area contributed by atoms with E-state index in [9.17, 15) is 4.79 Å². The molecule has 1 heterocycles. The maximum Gasteiger partial charge on any atom is 0.252 e. The molecule has 0 aliphatic carbocycles. The van der Waals surface area contributed by atoms with Gasteiger partial charge in [0.15, 0.2) is 0 Å². The van der Waals surface area contributed by atoms with Crippen molar-refractivity contribution in [2.75, 3.05) is 0 Å². The van der Waals surface area contributed by atoms with Gasteiger partial charge >= 0.3 is 0 Å².